The Labute approximate surface area is 148 Å². The molecule has 134 valence electrons. The minimum absolute atomic E-state index is 0.0887. The zero-order valence-electron chi connectivity index (χ0n) is 14.3. The molecule has 0 unspecified atom stereocenters. The van der Waals surface area contributed by atoms with Crippen LogP contribution >= 0.6 is 0 Å². The van der Waals surface area contributed by atoms with Crippen molar-refractivity contribution < 1.29 is 13.2 Å². The number of carbonyl (C=O) groups excluding carboxylic acids is 1. The van der Waals surface area contributed by atoms with Crippen LogP contribution in [0.4, 0.5) is 4.79 Å². The summed E-state index contributed by atoms with van der Waals surface area (Å²) in [5.41, 5.74) is 2.54. The van der Waals surface area contributed by atoms with E-state index in [-0.39, 0.29) is 17.8 Å². The Kier molecular flexibility index (Phi) is 6.55. The van der Waals surface area contributed by atoms with Crippen LogP contribution in [0.15, 0.2) is 54.6 Å². The molecule has 0 bridgehead atoms. The van der Waals surface area contributed by atoms with Gasteiger partial charge in [-0.2, -0.15) is 0 Å². The molecule has 2 aromatic rings. The second-order valence-electron chi connectivity index (χ2n) is 5.74. The molecule has 0 aliphatic heterocycles. The third-order valence-corrected chi connectivity index (χ3v) is 5.09. The number of urea groups is 1. The number of nitrogens with one attached hydrogen (secondary N) is 3. The Morgan fingerprint density at radius 2 is 1.72 bits per heavy atom. The van der Waals surface area contributed by atoms with Gasteiger partial charge in [-0.15, -0.1) is 0 Å². The third-order valence-electron chi connectivity index (χ3n) is 3.76. The van der Waals surface area contributed by atoms with Crippen molar-refractivity contribution in [1.82, 2.24) is 15.4 Å². The minimum atomic E-state index is -3.32. The van der Waals surface area contributed by atoms with E-state index in [0.29, 0.717) is 12.1 Å². The van der Waals surface area contributed by atoms with Crippen molar-refractivity contribution in [2.24, 2.45) is 0 Å². The lowest BCUT2D eigenvalue weighted by Gasteiger charge is -2.15. The maximum atomic E-state index is 12.0. The second kappa shape index (κ2) is 8.64. The van der Waals surface area contributed by atoms with Crippen molar-refractivity contribution in [1.29, 1.82) is 0 Å². The van der Waals surface area contributed by atoms with Gasteiger partial charge in [0.2, 0.25) is 10.0 Å². The molecule has 2 aromatic carbocycles. The summed E-state index contributed by atoms with van der Waals surface area (Å²) in [7, 11) is -1.93. The fourth-order valence-electron chi connectivity index (χ4n) is 2.38. The quantitative estimate of drug-likeness (QED) is 0.707. The zero-order chi connectivity index (χ0) is 18.3. The molecular formula is C18H23N3O3S. The predicted molar refractivity (Wildman–Crippen MR) is 98.4 cm³/mol. The molecule has 2 rings (SSSR count). The summed E-state index contributed by atoms with van der Waals surface area (Å²) in [6, 6.07) is 16.5. The molecule has 0 aliphatic rings. The molecule has 0 heterocycles. The van der Waals surface area contributed by atoms with E-state index in [1.165, 1.54) is 7.05 Å². The fourth-order valence-corrected chi connectivity index (χ4v) is 3.14. The van der Waals surface area contributed by atoms with Crippen molar-refractivity contribution >= 4 is 16.1 Å². The third kappa shape index (κ3) is 6.21. The van der Waals surface area contributed by atoms with Gasteiger partial charge in [0, 0.05) is 6.54 Å². The van der Waals surface area contributed by atoms with Gasteiger partial charge in [0.1, 0.15) is 0 Å². The number of carbonyl (C=O) groups is 1. The normalized spacial score (nSPS) is 12.4. The van der Waals surface area contributed by atoms with Crippen LogP contribution in [0.2, 0.25) is 0 Å². The summed E-state index contributed by atoms with van der Waals surface area (Å²) in [4.78, 5) is 12.0. The Morgan fingerprint density at radius 3 is 2.40 bits per heavy atom. The Balaban J connectivity index is 1.89. The maximum absolute atomic E-state index is 12.0. The second-order valence-corrected chi connectivity index (χ2v) is 7.67. The van der Waals surface area contributed by atoms with Gasteiger partial charge in [0.15, 0.2) is 0 Å². The van der Waals surface area contributed by atoms with E-state index in [4.69, 9.17) is 0 Å². The summed E-state index contributed by atoms with van der Waals surface area (Å²) < 4.78 is 25.5. The summed E-state index contributed by atoms with van der Waals surface area (Å²) in [5, 5.41) is 5.66. The predicted octanol–water partition coefficient (Wildman–Crippen LogP) is 2.30. The highest BCUT2D eigenvalue weighted by Gasteiger charge is 2.10. The zero-order valence-corrected chi connectivity index (χ0v) is 15.1. The summed E-state index contributed by atoms with van der Waals surface area (Å²) in [5.74, 6) is -0.0887. The van der Waals surface area contributed by atoms with Crippen LogP contribution in [0, 0.1) is 0 Å². The maximum Gasteiger partial charge on any atom is 0.315 e. The summed E-state index contributed by atoms with van der Waals surface area (Å²) in [6.07, 6.45) is 0. The van der Waals surface area contributed by atoms with E-state index in [1.807, 2.05) is 43.3 Å². The van der Waals surface area contributed by atoms with E-state index < -0.39 is 10.0 Å². The van der Waals surface area contributed by atoms with Crippen molar-refractivity contribution in [2.75, 3.05) is 7.05 Å². The van der Waals surface area contributed by atoms with E-state index in [0.717, 1.165) is 11.1 Å². The lowest BCUT2D eigenvalue weighted by molar-refractivity contribution is 0.237. The molecule has 0 aliphatic carbocycles. The van der Waals surface area contributed by atoms with Gasteiger partial charge in [-0.25, -0.2) is 17.9 Å². The number of hydrogen-bond donors (Lipinski definition) is 3. The first-order valence-corrected chi connectivity index (χ1v) is 9.63. The molecule has 0 saturated carbocycles. The molecule has 0 fully saturated rings. The highest BCUT2D eigenvalue weighted by atomic mass is 32.2. The van der Waals surface area contributed by atoms with Crippen LogP contribution in [0.3, 0.4) is 0 Å². The van der Waals surface area contributed by atoms with Gasteiger partial charge in [0.05, 0.1) is 11.8 Å². The van der Waals surface area contributed by atoms with E-state index in [1.54, 1.807) is 18.2 Å². The number of benzene rings is 2. The van der Waals surface area contributed by atoms with Crippen molar-refractivity contribution in [3.8, 4) is 0 Å². The number of amides is 2. The molecule has 2 amide bonds. The van der Waals surface area contributed by atoms with Crippen LogP contribution < -0.4 is 15.4 Å². The number of rotatable bonds is 7. The largest absolute Gasteiger partial charge is 0.334 e. The van der Waals surface area contributed by atoms with Crippen molar-refractivity contribution in [3.05, 3.63) is 71.3 Å². The molecule has 7 heteroatoms. The first-order chi connectivity index (χ1) is 11.9. The van der Waals surface area contributed by atoms with Gasteiger partial charge < -0.3 is 10.6 Å². The fraction of sp³-hybridized carbons (Fsp3) is 0.278. The Hall–Kier alpha value is -2.38. The van der Waals surface area contributed by atoms with Gasteiger partial charge >= 0.3 is 6.03 Å². The molecule has 3 N–H and O–H groups in total. The Morgan fingerprint density at radius 1 is 1.04 bits per heavy atom. The molecule has 1 atom stereocenters. The first-order valence-electron chi connectivity index (χ1n) is 7.98. The van der Waals surface area contributed by atoms with E-state index >= 15 is 0 Å². The van der Waals surface area contributed by atoms with Gasteiger partial charge in [-0.3, -0.25) is 0 Å². The van der Waals surface area contributed by atoms with Crippen LogP contribution in [0.5, 0.6) is 0 Å². The van der Waals surface area contributed by atoms with Gasteiger partial charge in [0.25, 0.3) is 0 Å². The SMILES string of the molecule is CNS(=O)(=O)Cc1cccc(CNC(=O)N[C@@H](C)c2ccccc2)c1. The van der Waals surface area contributed by atoms with Crippen LogP contribution in [-0.2, 0) is 22.3 Å². The van der Waals surface area contributed by atoms with E-state index in [2.05, 4.69) is 15.4 Å². The van der Waals surface area contributed by atoms with E-state index in [9.17, 15) is 13.2 Å². The first kappa shape index (κ1) is 19.0. The van der Waals surface area contributed by atoms with Gasteiger partial charge in [-0.1, -0.05) is 54.6 Å². The lowest BCUT2D eigenvalue weighted by atomic mass is 10.1. The topological polar surface area (TPSA) is 87.3 Å². The average molecular weight is 361 g/mol. The number of sulfonamides is 1. The van der Waals surface area contributed by atoms with Crippen LogP contribution in [0.25, 0.3) is 0 Å². The molecule has 0 aromatic heterocycles. The molecule has 0 spiro atoms. The summed E-state index contributed by atoms with van der Waals surface area (Å²) in [6.45, 7) is 2.24. The minimum Gasteiger partial charge on any atom is -0.334 e. The Bertz CT molecular complexity index is 807. The lowest BCUT2D eigenvalue weighted by Crippen LogP contribution is -2.36. The monoisotopic (exact) mass is 361 g/mol. The van der Waals surface area contributed by atoms with Crippen molar-refractivity contribution in [3.63, 3.8) is 0 Å². The average Bonchev–Trinajstić information content (AvgIpc) is 2.60. The van der Waals surface area contributed by atoms with Crippen LogP contribution in [-0.4, -0.2) is 21.5 Å². The highest BCUT2D eigenvalue weighted by Crippen LogP contribution is 2.11. The molecule has 25 heavy (non-hydrogen) atoms. The van der Waals surface area contributed by atoms with Crippen LogP contribution in [0.1, 0.15) is 29.7 Å². The molecule has 6 nitrogen and oxygen atoms in total. The molecule has 0 radical (unpaired) electrons. The smallest absolute Gasteiger partial charge is 0.315 e. The standard InChI is InChI=1S/C18H23N3O3S/c1-14(17-9-4-3-5-10-17)21-18(22)20-12-15-7-6-8-16(11-15)13-25(23,24)19-2/h3-11,14,19H,12-13H2,1-2H3,(H2,20,21,22)/t14-/m0/s1. The van der Waals surface area contributed by atoms with Crippen molar-refractivity contribution in [2.45, 2.75) is 25.3 Å². The molecular weight excluding hydrogens is 338 g/mol. The molecule has 0 saturated heterocycles. The number of hydrogen-bond acceptors (Lipinski definition) is 3. The van der Waals surface area contributed by atoms with Gasteiger partial charge in [-0.05, 0) is 30.7 Å². The summed E-state index contributed by atoms with van der Waals surface area (Å²) >= 11 is 0. The highest BCUT2D eigenvalue weighted by molar-refractivity contribution is 7.88.